The van der Waals surface area contributed by atoms with Crippen molar-refractivity contribution in [3.8, 4) is 0 Å². The number of ether oxygens (including phenoxy) is 1. The summed E-state index contributed by atoms with van der Waals surface area (Å²) in [6.45, 7) is 6.34. The summed E-state index contributed by atoms with van der Waals surface area (Å²) in [5, 5.41) is 5.05. The van der Waals surface area contributed by atoms with Gasteiger partial charge < -0.3 is 15.4 Å². The Labute approximate surface area is 84.2 Å². The van der Waals surface area contributed by atoms with E-state index in [-0.39, 0.29) is 18.4 Å². The van der Waals surface area contributed by atoms with Crippen LogP contribution in [0.15, 0.2) is 0 Å². The number of amides is 2. The Kier molecular flexibility index (Phi) is 6.74. The molecule has 5 heteroatoms. The van der Waals surface area contributed by atoms with Gasteiger partial charge in [-0.05, 0) is 20.8 Å². The summed E-state index contributed by atoms with van der Waals surface area (Å²) >= 11 is 0. The number of hydrogen-bond acceptors (Lipinski definition) is 3. The van der Waals surface area contributed by atoms with Crippen LogP contribution in [0.4, 0.5) is 0 Å². The first-order chi connectivity index (χ1) is 6.61. The zero-order valence-electron chi connectivity index (χ0n) is 8.92. The molecule has 0 fully saturated rings. The van der Waals surface area contributed by atoms with Crippen molar-refractivity contribution in [1.29, 1.82) is 0 Å². The van der Waals surface area contributed by atoms with Gasteiger partial charge in [0.1, 0.15) is 6.10 Å². The molecule has 0 aromatic carbocycles. The number of carbonyl (C=O) groups is 2. The second-order valence-corrected chi connectivity index (χ2v) is 2.77. The van der Waals surface area contributed by atoms with Crippen LogP contribution >= 0.6 is 0 Å². The third-order valence-corrected chi connectivity index (χ3v) is 1.58. The minimum atomic E-state index is -0.505. The molecule has 0 rings (SSSR count). The molecular formula is C9H18N2O3. The quantitative estimate of drug-likeness (QED) is 0.619. The van der Waals surface area contributed by atoms with E-state index in [4.69, 9.17) is 4.74 Å². The van der Waals surface area contributed by atoms with Gasteiger partial charge in [-0.25, -0.2) is 0 Å². The molecule has 5 nitrogen and oxygen atoms in total. The van der Waals surface area contributed by atoms with E-state index in [1.807, 2.05) is 13.8 Å². The van der Waals surface area contributed by atoms with Crippen LogP contribution in [-0.2, 0) is 14.3 Å². The standard InChI is InChI=1S/C9H18N2O3/c1-4-10-8(12)6-11-9(13)7(3)14-5-2/h7H,4-6H2,1-3H3,(H,10,12)(H,11,13). The van der Waals surface area contributed by atoms with E-state index in [1.165, 1.54) is 0 Å². The van der Waals surface area contributed by atoms with Crippen molar-refractivity contribution in [2.75, 3.05) is 19.7 Å². The third kappa shape index (κ3) is 5.53. The molecule has 1 unspecified atom stereocenters. The minimum Gasteiger partial charge on any atom is -0.369 e. The largest absolute Gasteiger partial charge is 0.369 e. The number of nitrogens with one attached hydrogen (secondary N) is 2. The maximum Gasteiger partial charge on any atom is 0.249 e. The lowest BCUT2D eigenvalue weighted by Gasteiger charge is -2.11. The molecule has 0 heterocycles. The molecule has 0 aliphatic heterocycles. The van der Waals surface area contributed by atoms with Crippen LogP contribution in [0.3, 0.4) is 0 Å². The van der Waals surface area contributed by atoms with Crippen molar-refractivity contribution in [1.82, 2.24) is 10.6 Å². The maximum atomic E-state index is 11.2. The van der Waals surface area contributed by atoms with Gasteiger partial charge in [0.05, 0.1) is 6.54 Å². The predicted molar refractivity (Wildman–Crippen MR) is 52.8 cm³/mol. The van der Waals surface area contributed by atoms with E-state index in [0.29, 0.717) is 13.2 Å². The van der Waals surface area contributed by atoms with Gasteiger partial charge in [0.15, 0.2) is 0 Å². The van der Waals surface area contributed by atoms with Crippen molar-refractivity contribution in [2.24, 2.45) is 0 Å². The molecule has 0 radical (unpaired) electrons. The fourth-order valence-corrected chi connectivity index (χ4v) is 0.896. The average Bonchev–Trinajstić information content (AvgIpc) is 2.15. The molecule has 0 aliphatic rings. The Bertz CT molecular complexity index is 194. The smallest absolute Gasteiger partial charge is 0.249 e. The summed E-state index contributed by atoms with van der Waals surface area (Å²) in [6.07, 6.45) is -0.505. The normalized spacial score (nSPS) is 11.9. The van der Waals surface area contributed by atoms with Crippen LogP contribution in [0.25, 0.3) is 0 Å². The molecule has 14 heavy (non-hydrogen) atoms. The maximum absolute atomic E-state index is 11.2. The molecule has 0 bridgehead atoms. The second kappa shape index (κ2) is 7.32. The zero-order chi connectivity index (χ0) is 11.0. The van der Waals surface area contributed by atoms with E-state index in [1.54, 1.807) is 6.92 Å². The van der Waals surface area contributed by atoms with E-state index >= 15 is 0 Å². The predicted octanol–water partition coefficient (Wildman–Crippen LogP) is -0.336. The van der Waals surface area contributed by atoms with Gasteiger partial charge >= 0.3 is 0 Å². The Morgan fingerprint density at radius 1 is 1.29 bits per heavy atom. The molecule has 0 spiro atoms. The summed E-state index contributed by atoms with van der Waals surface area (Å²) in [5.41, 5.74) is 0. The SMILES string of the molecule is CCNC(=O)CNC(=O)C(C)OCC. The first kappa shape index (κ1) is 12.9. The summed E-state index contributed by atoms with van der Waals surface area (Å²) < 4.78 is 5.05. The second-order valence-electron chi connectivity index (χ2n) is 2.77. The first-order valence-electron chi connectivity index (χ1n) is 4.77. The van der Waals surface area contributed by atoms with Crippen LogP contribution < -0.4 is 10.6 Å². The summed E-state index contributed by atoms with van der Waals surface area (Å²) in [5.74, 6) is -0.456. The fraction of sp³-hybridized carbons (Fsp3) is 0.778. The molecular weight excluding hydrogens is 184 g/mol. The van der Waals surface area contributed by atoms with E-state index in [9.17, 15) is 9.59 Å². The third-order valence-electron chi connectivity index (χ3n) is 1.58. The van der Waals surface area contributed by atoms with E-state index in [0.717, 1.165) is 0 Å². The summed E-state index contributed by atoms with van der Waals surface area (Å²) in [4.78, 5) is 22.2. The highest BCUT2D eigenvalue weighted by atomic mass is 16.5. The average molecular weight is 202 g/mol. The highest BCUT2D eigenvalue weighted by Crippen LogP contribution is 1.88. The molecule has 2 N–H and O–H groups in total. The van der Waals surface area contributed by atoms with Crippen LogP contribution in [0.2, 0.25) is 0 Å². The van der Waals surface area contributed by atoms with Crippen molar-refractivity contribution in [3.63, 3.8) is 0 Å². The van der Waals surface area contributed by atoms with Gasteiger partial charge in [-0.15, -0.1) is 0 Å². The summed E-state index contributed by atoms with van der Waals surface area (Å²) in [6, 6.07) is 0. The van der Waals surface area contributed by atoms with Crippen LogP contribution in [0, 0.1) is 0 Å². The molecule has 2 amide bonds. The van der Waals surface area contributed by atoms with Gasteiger partial charge in [0.25, 0.3) is 0 Å². The zero-order valence-corrected chi connectivity index (χ0v) is 8.92. The molecule has 0 aromatic rings. The monoisotopic (exact) mass is 202 g/mol. The van der Waals surface area contributed by atoms with Gasteiger partial charge in [0.2, 0.25) is 11.8 Å². The Morgan fingerprint density at radius 2 is 1.93 bits per heavy atom. The number of hydrogen-bond donors (Lipinski definition) is 2. The molecule has 0 aromatic heterocycles. The Hall–Kier alpha value is -1.10. The summed E-state index contributed by atoms with van der Waals surface area (Å²) in [7, 11) is 0. The first-order valence-corrected chi connectivity index (χ1v) is 4.77. The van der Waals surface area contributed by atoms with Gasteiger partial charge in [0, 0.05) is 13.2 Å². The van der Waals surface area contributed by atoms with Crippen molar-refractivity contribution < 1.29 is 14.3 Å². The molecule has 82 valence electrons. The highest BCUT2D eigenvalue weighted by molar-refractivity contribution is 5.86. The number of likely N-dealkylation sites (N-methyl/N-ethyl adjacent to an activating group) is 1. The molecule has 0 saturated carbocycles. The Morgan fingerprint density at radius 3 is 2.43 bits per heavy atom. The Balaban J connectivity index is 3.67. The van der Waals surface area contributed by atoms with Crippen LogP contribution in [0.1, 0.15) is 20.8 Å². The van der Waals surface area contributed by atoms with Crippen LogP contribution in [0.5, 0.6) is 0 Å². The lowest BCUT2D eigenvalue weighted by atomic mass is 10.3. The van der Waals surface area contributed by atoms with Gasteiger partial charge in [-0.3, -0.25) is 9.59 Å². The van der Waals surface area contributed by atoms with E-state index < -0.39 is 6.10 Å². The lowest BCUT2D eigenvalue weighted by molar-refractivity contribution is -0.133. The highest BCUT2D eigenvalue weighted by Gasteiger charge is 2.12. The van der Waals surface area contributed by atoms with Crippen molar-refractivity contribution >= 4 is 11.8 Å². The molecule has 1 atom stereocenters. The minimum absolute atomic E-state index is 0.00406. The van der Waals surface area contributed by atoms with Gasteiger partial charge in [-0.2, -0.15) is 0 Å². The molecule has 0 saturated heterocycles. The van der Waals surface area contributed by atoms with Crippen molar-refractivity contribution in [2.45, 2.75) is 26.9 Å². The molecule has 0 aliphatic carbocycles. The van der Waals surface area contributed by atoms with E-state index in [2.05, 4.69) is 10.6 Å². The fourth-order valence-electron chi connectivity index (χ4n) is 0.896. The lowest BCUT2D eigenvalue weighted by Crippen LogP contribution is -2.41. The van der Waals surface area contributed by atoms with Crippen molar-refractivity contribution in [3.05, 3.63) is 0 Å². The number of carbonyl (C=O) groups excluding carboxylic acids is 2. The van der Waals surface area contributed by atoms with Gasteiger partial charge in [-0.1, -0.05) is 0 Å². The van der Waals surface area contributed by atoms with Crippen LogP contribution in [-0.4, -0.2) is 37.6 Å². The topological polar surface area (TPSA) is 67.4 Å². The number of rotatable bonds is 6.